The molecule has 0 amide bonds. The Labute approximate surface area is 104 Å². The molecule has 0 radical (unpaired) electrons. The number of hydrogen-bond acceptors (Lipinski definition) is 3. The highest BCUT2D eigenvalue weighted by molar-refractivity contribution is 6.07. The first-order chi connectivity index (χ1) is 8.75. The molecule has 0 aliphatic rings. The van der Waals surface area contributed by atoms with E-state index in [4.69, 9.17) is 0 Å². The van der Waals surface area contributed by atoms with Crippen LogP contribution in [0.15, 0.2) is 42.9 Å². The van der Waals surface area contributed by atoms with E-state index in [1.165, 1.54) is 0 Å². The van der Waals surface area contributed by atoms with Crippen molar-refractivity contribution in [2.45, 2.75) is 6.92 Å². The third-order valence-corrected chi connectivity index (χ3v) is 2.98. The van der Waals surface area contributed by atoms with E-state index in [-0.39, 0.29) is 5.78 Å². The van der Waals surface area contributed by atoms with Crippen molar-refractivity contribution in [2.24, 2.45) is 0 Å². The minimum Gasteiger partial charge on any atom is -0.360 e. The van der Waals surface area contributed by atoms with Gasteiger partial charge in [-0.1, -0.05) is 6.07 Å². The van der Waals surface area contributed by atoms with Crippen molar-refractivity contribution < 1.29 is 4.79 Å². The van der Waals surface area contributed by atoms with E-state index in [1.807, 2.05) is 24.3 Å². The number of Topliss-reactive ketones (excluding diaryl/α,β-unsaturated/α-hetero) is 1. The van der Waals surface area contributed by atoms with Crippen molar-refractivity contribution in [3.63, 3.8) is 0 Å². The van der Waals surface area contributed by atoms with Gasteiger partial charge in [-0.25, -0.2) is 0 Å². The zero-order chi connectivity index (χ0) is 12.5. The highest BCUT2D eigenvalue weighted by atomic mass is 16.1. The van der Waals surface area contributed by atoms with Crippen LogP contribution in [0.5, 0.6) is 0 Å². The van der Waals surface area contributed by atoms with Crippen molar-refractivity contribution >= 4 is 16.7 Å². The van der Waals surface area contributed by atoms with Crippen molar-refractivity contribution in [3.8, 4) is 11.1 Å². The number of H-pyrrole nitrogens is 1. The predicted molar refractivity (Wildman–Crippen MR) is 69.3 cm³/mol. The van der Waals surface area contributed by atoms with Gasteiger partial charge in [-0.3, -0.25) is 4.79 Å². The van der Waals surface area contributed by atoms with Gasteiger partial charge in [0.2, 0.25) is 0 Å². The molecule has 0 spiro atoms. The molecule has 2 aromatic heterocycles. The standard InChI is InChI=1S/C14H11N3O/c1-9(18)13-8-15-14-3-2-10(6-12(13)14)11-4-5-16-17-7-11/h2-8,15H,1H3. The Hall–Kier alpha value is -2.49. The molecule has 0 saturated heterocycles. The van der Waals surface area contributed by atoms with Crippen molar-refractivity contribution in [1.29, 1.82) is 0 Å². The van der Waals surface area contributed by atoms with Crippen molar-refractivity contribution in [2.75, 3.05) is 0 Å². The van der Waals surface area contributed by atoms with Crippen LogP contribution in [0, 0.1) is 0 Å². The van der Waals surface area contributed by atoms with E-state index in [2.05, 4.69) is 15.2 Å². The van der Waals surface area contributed by atoms with Gasteiger partial charge in [0.15, 0.2) is 5.78 Å². The van der Waals surface area contributed by atoms with Gasteiger partial charge < -0.3 is 4.98 Å². The molecule has 0 aliphatic carbocycles. The summed E-state index contributed by atoms with van der Waals surface area (Å²) in [6, 6.07) is 7.87. The van der Waals surface area contributed by atoms with E-state index < -0.39 is 0 Å². The first-order valence-corrected chi connectivity index (χ1v) is 5.65. The summed E-state index contributed by atoms with van der Waals surface area (Å²) in [5.41, 5.74) is 3.70. The number of nitrogens with one attached hydrogen (secondary N) is 1. The van der Waals surface area contributed by atoms with Crippen molar-refractivity contribution in [3.05, 3.63) is 48.4 Å². The number of nitrogens with zero attached hydrogens (tertiary/aromatic N) is 2. The lowest BCUT2D eigenvalue weighted by Crippen LogP contribution is -1.89. The number of hydrogen-bond donors (Lipinski definition) is 1. The summed E-state index contributed by atoms with van der Waals surface area (Å²) >= 11 is 0. The van der Waals surface area contributed by atoms with Gasteiger partial charge >= 0.3 is 0 Å². The molecule has 3 rings (SSSR count). The molecule has 3 aromatic rings. The smallest absolute Gasteiger partial charge is 0.161 e. The lowest BCUT2D eigenvalue weighted by Gasteiger charge is -2.01. The quantitative estimate of drug-likeness (QED) is 0.697. The number of carbonyl (C=O) groups excluding carboxylic acids is 1. The second-order valence-electron chi connectivity index (χ2n) is 4.15. The van der Waals surface area contributed by atoms with Gasteiger partial charge in [0, 0.05) is 28.2 Å². The van der Waals surface area contributed by atoms with E-state index in [9.17, 15) is 4.79 Å². The molecular weight excluding hydrogens is 226 g/mol. The van der Waals surface area contributed by atoms with Crippen LogP contribution < -0.4 is 0 Å². The Bertz CT molecular complexity index is 716. The highest BCUT2D eigenvalue weighted by Gasteiger charge is 2.09. The molecule has 1 aromatic carbocycles. The highest BCUT2D eigenvalue weighted by Crippen LogP contribution is 2.25. The van der Waals surface area contributed by atoms with E-state index in [1.54, 1.807) is 25.5 Å². The summed E-state index contributed by atoms with van der Waals surface area (Å²) < 4.78 is 0. The molecule has 0 saturated carbocycles. The first-order valence-electron chi connectivity index (χ1n) is 5.65. The lowest BCUT2D eigenvalue weighted by atomic mass is 10.0. The molecule has 0 bridgehead atoms. The molecule has 1 N–H and O–H groups in total. The van der Waals surface area contributed by atoms with Gasteiger partial charge in [0.25, 0.3) is 0 Å². The summed E-state index contributed by atoms with van der Waals surface area (Å²) in [5, 5.41) is 8.56. The molecule has 18 heavy (non-hydrogen) atoms. The molecule has 0 aliphatic heterocycles. The molecule has 4 heteroatoms. The fourth-order valence-corrected chi connectivity index (χ4v) is 2.05. The van der Waals surface area contributed by atoms with Crippen LogP contribution in [0.2, 0.25) is 0 Å². The summed E-state index contributed by atoms with van der Waals surface area (Å²) in [5.74, 6) is 0.0613. The van der Waals surface area contributed by atoms with E-state index >= 15 is 0 Å². The Morgan fingerprint density at radius 1 is 1.17 bits per heavy atom. The molecular formula is C14H11N3O. The van der Waals surface area contributed by atoms with Gasteiger partial charge in [0.1, 0.15) is 0 Å². The lowest BCUT2D eigenvalue weighted by molar-refractivity contribution is 0.101. The van der Waals surface area contributed by atoms with Gasteiger partial charge in [-0.2, -0.15) is 10.2 Å². The molecule has 0 atom stereocenters. The maximum atomic E-state index is 11.5. The zero-order valence-corrected chi connectivity index (χ0v) is 9.84. The monoisotopic (exact) mass is 237 g/mol. The molecule has 0 unspecified atom stereocenters. The fraction of sp³-hybridized carbons (Fsp3) is 0.0714. The van der Waals surface area contributed by atoms with Crippen LogP contribution >= 0.6 is 0 Å². The number of aromatic nitrogens is 3. The second-order valence-corrected chi connectivity index (χ2v) is 4.15. The van der Waals surface area contributed by atoms with Crippen LogP contribution in [0.25, 0.3) is 22.0 Å². The average molecular weight is 237 g/mol. The fourth-order valence-electron chi connectivity index (χ4n) is 2.05. The van der Waals surface area contributed by atoms with Gasteiger partial charge in [-0.15, -0.1) is 0 Å². The van der Waals surface area contributed by atoms with Crippen LogP contribution in [0.1, 0.15) is 17.3 Å². The maximum Gasteiger partial charge on any atom is 0.161 e. The molecule has 2 heterocycles. The maximum absolute atomic E-state index is 11.5. The summed E-state index contributed by atoms with van der Waals surface area (Å²) in [6.45, 7) is 1.57. The number of ketones is 1. The molecule has 4 nitrogen and oxygen atoms in total. The van der Waals surface area contributed by atoms with Crippen LogP contribution in [0.3, 0.4) is 0 Å². The number of benzene rings is 1. The summed E-state index contributed by atoms with van der Waals surface area (Å²) in [4.78, 5) is 14.6. The average Bonchev–Trinajstić information content (AvgIpc) is 2.82. The van der Waals surface area contributed by atoms with Crippen LogP contribution in [-0.4, -0.2) is 21.0 Å². The zero-order valence-electron chi connectivity index (χ0n) is 9.84. The summed E-state index contributed by atoms with van der Waals surface area (Å²) in [6.07, 6.45) is 5.12. The Morgan fingerprint density at radius 3 is 2.78 bits per heavy atom. The minimum absolute atomic E-state index is 0.0613. The number of fused-ring (bicyclic) bond motifs is 1. The van der Waals surface area contributed by atoms with Gasteiger partial charge in [0.05, 0.1) is 12.4 Å². The number of rotatable bonds is 2. The molecule has 88 valence electrons. The van der Waals surface area contributed by atoms with E-state index in [0.29, 0.717) is 5.56 Å². The summed E-state index contributed by atoms with van der Waals surface area (Å²) in [7, 11) is 0. The molecule has 0 fully saturated rings. The third kappa shape index (κ3) is 1.68. The van der Waals surface area contributed by atoms with Gasteiger partial charge in [-0.05, 0) is 30.7 Å². The van der Waals surface area contributed by atoms with Crippen LogP contribution in [-0.2, 0) is 0 Å². The Kier molecular flexibility index (Phi) is 2.41. The van der Waals surface area contributed by atoms with Crippen molar-refractivity contribution in [1.82, 2.24) is 15.2 Å². The predicted octanol–water partition coefficient (Wildman–Crippen LogP) is 2.83. The minimum atomic E-state index is 0.0613. The second kappa shape index (κ2) is 4.07. The largest absolute Gasteiger partial charge is 0.360 e. The van der Waals surface area contributed by atoms with Crippen LogP contribution in [0.4, 0.5) is 0 Å². The number of aromatic amines is 1. The third-order valence-electron chi connectivity index (χ3n) is 2.98. The SMILES string of the molecule is CC(=O)c1c[nH]c2ccc(-c3ccnnc3)cc12. The topological polar surface area (TPSA) is 58.6 Å². The first kappa shape index (κ1) is 10.7. The Morgan fingerprint density at radius 2 is 2.06 bits per heavy atom. The van der Waals surface area contributed by atoms with E-state index in [0.717, 1.165) is 22.0 Å². The number of carbonyl (C=O) groups is 1. The Balaban J connectivity index is 2.21. The normalized spacial score (nSPS) is 10.7.